The van der Waals surface area contributed by atoms with E-state index in [0.717, 1.165) is 16.5 Å². The summed E-state index contributed by atoms with van der Waals surface area (Å²) < 4.78 is 31.5. The number of carbonyl (C=O) groups is 7. The van der Waals surface area contributed by atoms with Crippen molar-refractivity contribution in [3.63, 3.8) is 0 Å². The van der Waals surface area contributed by atoms with Crippen LogP contribution in [-0.4, -0.2) is 100 Å². The molecule has 1 heterocycles. The van der Waals surface area contributed by atoms with Crippen molar-refractivity contribution >= 4 is 52.4 Å². The number of rotatable bonds is 19. The van der Waals surface area contributed by atoms with Crippen LogP contribution in [0.5, 0.6) is 0 Å². The lowest BCUT2D eigenvalue weighted by molar-refractivity contribution is -0.366. The Morgan fingerprint density at radius 2 is 1.51 bits per heavy atom. The maximum Gasteiger partial charge on any atom is 0.430 e. The zero-order valence-corrected chi connectivity index (χ0v) is 30.3. The molecule has 19 heteroatoms. The van der Waals surface area contributed by atoms with Gasteiger partial charge in [-0.15, -0.1) is 0 Å². The highest BCUT2D eigenvalue weighted by Gasteiger charge is 2.35. The van der Waals surface area contributed by atoms with Crippen LogP contribution in [0.25, 0.3) is 10.9 Å². The topological polar surface area (TPSA) is 272 Å². The Labute approximate surface area is 314 Å². The maximum atomic E-state index is 14.0. The first kappa shape index (κ1) is 45.2. The second-order valence-electron chi connectivity index (χ2n) is 12.5. The number of fused-ring (bicyclic) bond motifs is 1. The number of H-pyrrole nitrogens is 1. The van der Waals surface area contributed by atoms with Gasteiger partial charge in [0.2, 0.25) is 29.5 Å². The number of amides is 5. The first-order valence-electron chi connectivity index (χ1n) is 17.2. The molecule has 0 aliphatic carbocycles. The molecular weight excluding hydrogens is 731 g/mol. The molecule has 2 aromatic carbocycles. The minimum absolute atomic E-state index is 0.0592. The van der Waals surface area contributed by atoms with Crippen molar-refractivity contribution in [2.45, 2.75) is 82.2 Å². The number of hydrogen-bond acceptors (Lipinski definition) is 8. The summed E-state index contributed by atoms with van der Waals surface area (Å²) in [6.07, 6.45) is -2.48. The number of alkyl halides is 3. The van der Waals surface area contributed by atoms with Crippen LogP contribution in [0.1, 0.15) is 50.2 Å². The minimum Gasteiger partial charge on any atom is -0.542 e. The van der Waals surface area contributed by atoms with Crippen LogP contribution in [0, 0.1) is 0 Å². The van der Waals surface area contributed by atoms with Gasteiger partial charge in [0, 0.05) is 37.0 Å². The van der Waals surface area contributed by atoms with E-state index in [1.807, 2.05) is 31.2 Å². The molecule has 300 valence electrons. The SMILES string of the molecule is CCCC[C@@H](C(=O)N[C@@H](CC(=O)O)C(=O)N[C@@H](Cc1ccccc1)C(N)=O)N(C)C(=O)[C@H](Cc1c[nH]c2ccccc12)NC(=O)CC[NH3+].O=C([O-])C(F)(F)F. The second-order valence-corrected chi connectivity index (χ2v) is 12.5. The third-order valence-corrected chi connectivity index (χ3v) is 8.27. The van der Waals surface area contributed by atoms with E-state index in [1.54, 1.807) is 36.5 Å². The Hall–Kier alpha value is -5.98. The van der Waals surface area contributed by atoms with Crippen LogP contribution in [0.3, 0.4) is 0 Å². The molecule has 3 rings (SSSR count). The number of halogens is 3. The highest BCUT2D eigenvalue weighted by atomic mass is 19.4. The van der Waals surface area contributed by atoms with Gasteiger partial charge in [-0.2, -0.15) is 13.2 Å². The number of primary amides is 1. The monoisotopic (exact) mass is 777 g/mol. The van der Waals surface area contributed by atoms with Gasteiger partial charge in [0.1, 0.15) is 30.1 Å². The fraction of sp³-hybridized carbons (Fsp3) is 0.417. The number of aliphatic carboxylic acids is 2. The summed E-state index contributed by atoms with van der Waals surface area (Å²) in [6.45, 7) is 2.24. The van der Waals surface area contributed by atoms with E-state index in [9.17, 15) is 47.0 Å². The number of para-hydroxylation sites is 1. The lowest BCUT2D eigenvalue weighted by Gasteiger charge is -2.32. The number of benzene rings is 2. The van der Waals surface area contributed by atoms with Crippen molar-refractivity contribution in [1.82, 2.24) is 25.8 Å². The first-order valence-corrected chi connectivity index (χ1v) is 17.2. The fourth-order valence-electron chi connectivity index (χ4n) is 5.44. The largest absolute Gasteiger partial charge is 0.542 e. The number of carboxylic acids is 2. The van der Waals surface area contributed by atoms with Crippen molar-refractivity contribution < 1.29 is 62.7 Å². The van der Waals surface area contributed by atoms with Gasteiger partial charge in [-0.05, 0) is 23.6 Å². The van der Waals surface area contributed by atoms with Gasteiger partial charge >= 0.3 is 12.1 Å². The Bertz CT molecular complexity index is 1790. The Balaban J connectivity index is 0.00000136. The smallest absolute Gasteiger partial charge is 0.430 e. The maximum absolute atomic E-state index is 14.0. The molecule has 0 aliphatic heterocycles. The molecule has 0 aliphatic rings. The molecule has 0 unspecified atom stereocenters. The standard InChI is InChI=1S/C34H45N7O7.C2HF3O2/c1-3-4-14-28(33(47)40-26(19-30(43)44)32(46)39-25(31(36)45)17-21-10-6-5-7-11-21)41(2)34(48)27(38-29(42)15-16-35)18-22-20-37-24-13-9-8-12-23(22)24;3-2(4,5)1(6)7/h5-13,20,25-28,37H,3-4,14-19,35H2,1-2H3,(H2,36,45)(H,38,42)(H,39,46)(H,40,47)(H,43,44);(H,6,7)/t25-,26-,27-,28-;/m0./s1. The third-order valence-electron chi connectivity index (χ3n) is 8.27. The molecule has 10 N–H and O–H groups in total. The number of hydrogen-bond donors (Lipinski definition) is 7. The zero-order valence-electron chi connectivity index (χ0n) is 30.3. The summed E-state index contributed by atoms with van der Waals surface area (Å²) in [6, 6.07) is 11.5. The first-order chi connectivity index (χ1) is 25.9. The molecule has 1 aromatic heterocycles. The van der Waals surface area contributed by atoms with Crippen molar-refractivity contribution in [1.29, 1.82) is 0 Å². The molecule has 0 saturated heterocycles. The number of nitrogens with two attached hydrogens (primary N) is 1. The fourth-order valence-corrected chi connectivity index (χ4v) is 5.44. The van der Waals surface area contributed by atoms with Crippen molar-refractivity contribution in [2.75, 3.05) is 13.6 Å². The van der Waals surface area contributed by atoms with Crippen molar-refractivity contribution in [3.8, 4) is 0 Å². The molecule has 3 aromatic rings. The molecule has 0 bridgehead atoms. The van der Waals surface area contributed by atoms with E-state index in [-0.39, 0.29) is 31.6 Å². The molecule has 16 nitrogen and oxygen atoms in total. The van der Waals surface area contributed by atoms with Crippen LogP contribution < -0.4 is 32.5 Å². The van der Waals surface area contributed by atoms with Crippen molar-refractivity contribution in [3.05, 3.63) is 71.9 Å². The van der Waals surface area contributed by atoms with E-state index >= 15 is 0 Å². The van der Waals surface area contributed by atoms with E-state index in [2.05, 4.69) is 26.7 Å². The van der Waals surface area contributed by atoms with Crippen LogP contribution >= 0.6 is 0 Å². The number of carbonyl (C=O) groups excluding carboxylic acids is 6. The Morgan fingerprint density at radius 3 is 2.07 bits per heavy atom. The summed E-state index contributed by atoms with van der Waals surface area (Å²) in [5.74, 6) is -7.78. The van der Waals surface area contributed by atoms with Gasteiger partial charge in [-0.3, -0.25) is 28.8 Å². The van der Waals surface area contributed by atoms with E-state index in [1.165, 1.54) is 11.9 Å². The van der Waals surface area contributed by atoms with Crippen LogP contribution in [0.2, 0.25) is 0 Å². The number of carboxylic acid groups (broad SMARTS) is 2. The Morgan fingerprint density at radius 1 is 0.909 bits per heavy atom. The van der Waals surface area contributed by atoms with Crippen LogP contribution in [0.15, 0.2) is 60.8 Å². The van der Waals surface area contributed by atoms with E-state index in [4.69, 9.17) is 15.6 Å². The number of likely N-dealkylation sites (N-methyl/N-ethyl adjacent to an activating group) is 1. The van der Waals surface area contributed by atoms with Gasteiger partial charge in [0.25, 0.3) is 0 Å². The highest BCUT2D eigenvalue weighted by Crippen LogP contribution is 2.21. The van der Waals surface area contributed by atoms with Gasteiger partial charge in [0.05, 0.1) is 19.4 Å². The van der Waals surface area contributed by atoms with E-state index < -0.39 is 72.3 Å². The third kappa shape index (κ3) is 14.8. The molecule has 55 heavy (non-hydrogen) atoms. The number of aromatic nitrogens is 1. The lowest BCUT2D eigenvalue weighted by atomic mass is 10.0. The number of nitrogens with zero attached hydrogens (tertiary/aromatic N) is 1. The predicted octanol–water partition coefficient (Wildman–Crippen LogP) is -0.685. The van der Waals surface area contributed by atoms with Gasteiger partial charge < -0.3 is 52.3 Å². The predicted molar refractivity (Wildman–Crippen MR) is 189 cm³/mol. The summed E-state index contributed by atoms with van der Waals surface area (Å²) in [4.78, 5) is 90.9. The quantitative estimate of drug-likeness (QED) is 0.0811. The van der Waals surface area contributed by atoms with Crippen LogP contribution in [-0.2, 0) is 46.4 Å². The summed E-state index contributed by atoms with van der Waals surface area (Å²) in [5, 5.41) is 27.0. The summed E-state index contributed by atoms with van der Waals surface area (Å²) >= 11 is 0. The molecule has 0 fully saturated rings. The van der Waals surface area contributed by atoms with Gasteiger partial charge in [-0.1, -0.05) is 68.3 Å². The number of unbranched alkanes of at least 4 members (excludes halogenated alkanes) is 1. The molecule has 5 amide bonds. The average molecular weight is 778 g/mol. The highest BCUT2D eigenvalue weighted by molar-refractivity contribution is 5.97. The van der Waals surface area contributed by atoms with Gasteiger partial charge in [0.15, 0.2) is 0 Å². The van der Waals surface area contributed by atoms with Crippen molar-refractivity contribution in [2.24, 2.45) is 5.73 Å². The molecule has 0 spiro atoms. The molecule has 4 atom stereocenters. The molecular formula is C36H46F3N7O9. The minimum atomic E-state index is -5.19. The lowest BCUT2D eigenvalue weighted by Crippen LogP contribution is -2.59. The molecule has 0 radical (unpaired) electrons. The zero-order chi connectivity index (χ0) is 41.3. The summed E-state index contributed by atoms with van der Waals surface area (Å²) in [7, 11) is 1.44. The Kier molecular flexibility index (Phi) is 17.8. The molecule has 0 saturated carbocycles. The van der Waals surface area contributed by atoms with Crippen LogP contribution in [0.4, 0.5) is 13.2 Å². The second kappa shape index (κ2) is 21.7. The number of nitrogens with one attached hydrogen (secondary N) is 4. The summed E-state index contributed by atoms with van der Waals surface area (Å²) in [5.41, 5.74) is 11.6. The normalized spacial score (nSPS) is 13.2. The average Bonchev–Trinajstić information content (AvgIpc) is 3.53. The van der Waals surface area contributed by atoms with E-state index in [0.29, 0.717) is 24.9 Å². The number of quaternary nitrogens is 1. The number of aromatic amines is 1. The van der Waals surface area contributed by atoms with Gasteiger partial charge in [-0.25, -0.2) is 0 Å².